The number of methoxy groups -OCH3 is 1. The van der Waals surface area contributed by atoms with E-state index >= 15 is 0 Å². The van der Waals surface area contributed by atoms with E-state index in [0.717, 1.165) is 39.9 Å². The van der Waals surface area contributed by atoms with Gasteiger partial charge in [0.05, 0.1) is 23.5 Å². The summed E-state index contributed by atoms with van der Waals surface area (Å²) in [7, 11) is 1.65. The Labute approximate surface area is 175 Å². The summed E-state index contributed by atoms with van der Waals surface area (Å²) in [6.07, 6.45) is -0.433. The number of nitrogens with two attached hydrogens (primary N) is 1. The van der Waals surface area contributed by atoms with Crippen LogP contribution in [0.2, 0.25) is 0 Å². The predicted octanol–water partition coefficient (Wildman–Crippen LogP) is 4.13. The maximum Gasteiger partial charge on any atom is 0.409 e. The quantitative estimate of drug-likeness (QED) is 0.313. The maximum atomic E-state index is 9.51. The minimum Gasteiger partial charge on any atom is -0.497 e. The number of rotatable bonds is 9. The molecule has 0 fully saturated rings. The molecule has 0 bridgehead atoms. The molecule has 7 nitrogen and oxygen atoms in total. The normalized spacial score (nSPS) is 12.6. The monoisotopic (exact) mass is 414 g/mol. The number of fused-ring (bicyclic) bond motifs is 1. The molecule has 0 spiro atoms. The van der Waals surface area contributed by atoms with E-state index in [1.165, 1.54) is 17.0 Å². The first-order chi connectivity index (χ1) is 14.0. The van der Waals surface area contributed by atoms with Crippen LogP contribution >= 0.6 is 11.3 Å². The van der Waals surface area contributed by atoms with E-state index in [9.17, 15) is 5.11 Å². The van der Waals surface area contributed by atoms with Gasteiger partial charge in [-0.15, -0.1) is 0 Å². The van der Waals surface area contributed by atoms with Crippen LogP contribution in [0.3, 0.4) is 0 Å². The number of ether oxygens (including phenoxy) is 1. The SMILES string of the molecule is CCN(CC)c1ccc(N=Nc2sc3cc(OC)ccc3[n+]2CCC(N)O)cc1. The number of benzene rings is 2. The zero-order chi connectivity index (χ0) is 20.8. The predicted molar refractivity (Wildman–Crippen MR) is 118 cm³/mol. The molecule has 1 unspecified atom stereocenters. The third-order valence-electron chi connectivity index (χ3n) is 4.77. The van der Waals surface area contributed by atoms with E-state index in [-0.39, 0.29) is 0 Å². The van der Waals surface area contributed by atoms with Crippen molar-refractivity contribution < 1.29 is 14.4 Å². The van der Waals surface area contributed by atoms with Gasteiger partial charge in [0, 0.05) is 31.3 Å². The standard InChI is InChI=1S/C21H28N5O2S/c1-4-25(5-2)16-8-6-15(7-9-16)23-24-21-26(13-12-20(22)27)18-11-10-17(28-3)14-19(18)29-21/h6-11,14,20,27H,4-5,12-13,22H2,1-3H3/q+1. The molecule has 2 aromatic carbocycles. The number of thiazole rings is 1. The van der Waals surface area contributed by atoms with E-state index in [0.29, 0.717) is 13.0 Å². The number of aliphatic hydroxyl groups excluding tert-OH is 1. The molecule has 0 aliphatic heterocycles. The van der Waals surface area contributed by atoms with Crippen molar-refractivity contribution in [3.05, 3.63) is 42.5 Å². The van der Waals surface area contributed by atoms with Gasteiger partial charge in [0.25, 0.3) is 0 Å². The lowest BCUT2D eigenvalue weighted by Gasteiger charge is -2.20. The van der Waals surface area contributed by atoms with Crippen LogP contribution in [-0.2, 0) is 6.54 Å². The van der Waals surface area contributed by atoms with Gasteiger partial charge in [-0.25, -0.2) is 4.57 Å². The molecule has 0 aliphatic carbocycles. The fraction of sp³-hybridized carbons (Fsp3) is 0.381. The minimum absolute atomic E-state index is 0.434. The Kier molecular flexibility index (Phi) is 7.13. The van der Waals surface area contributed by atoms with Crippen LogP contribution in [0.1, 0.15) is 20.3 Å². The summed E-state index contributed by atoms with van der Waals surface area (Å²) in [4.78, 5) is 2.28. The largest absolute Gasteiger partial charge is 0.497 e. The maximum absolute atomic E-state index is 9.51. The lowest BCUT2D eigenvalue weighted by Crippen LogP contribution is -2.36. The molecule has 3 rings (SSSR count). The smallest absolute Gasteiger partial charge is 0.409 e. The first-order valence-corrected chi connectivity index (χ1v) is 10.6. The van der Waals surface area contributed by atoms with E-state index in [2.05, 4.69) is 41.1 Å². The zero-order valence-corrected chi connectivity index (χ0v) is 17.9. The highest BCUT2D eigenvalue weighted by Crippen LogP contribution is 2.31. The number of aliphatic hydroxyl groups is 1. The molecule has 0 saturated heterocycles. The molecular formula is C21H28N5O2S+. The van der Waals surface area contributed by atoms with Crippen LogP contribution in [0.25, 0.3) is 10.2 Å². The highest BCUT2D eigenvalue weighted by molar-refractivity contribution is 7.21. The highest BCUT2D eigenvalue weighted by atomic mass is 32.1. The van der Waals surface area contributed by atoms with Crippen LogP contribution in [0.5, 0.6) is 5.75 Å². The molecule has 1 atom stereocenters. The average Bonchev–Trinajstić information content (AvgIpc) is 3.09. The van der Waals surface area contributed by atoms with Crippen LogP contribution in [-0.4, -0.2) is 31.5 Å². The third-order valence-corrected chi connectivity index (χ3v) is 5.80. The molecular weight excluding hydrogens is 386 g/mol. The Morgan fingerprint density at radius 3 is 2.48 bits per heavy atom. The number of azo groups is 1. The summed E-state index contributed by atoms with van der Waals surface area (Å²) in [5, 5.41) is 19.2. The number of hydrogen-bond donors (Lipinski definition) is 2. The first kappa shape index (κ1) is 21.2. The van der Waals surface area contributed by atoms with Crippen molar-refractivity contribution in [2.24, 2.45) is 16.0 Å². The molecule has 0 saturated carbocycles. The molecule has 0 amide bonds. The van der Waals surface area contributed by atoms with Gasteiger partial charge in [-0.05, 0) is 66.7 Å². The lowest BCUT2D eigenvalue weighted by molar-refractivity contribution is -0.656. The van der Waals surface area contributed by atoms with Gasteiger partial charge in [-0.1, -0.05) is 0 Å². The molecule has 1 aromatic heterocycles. The van der Waals surface area contributed by atoms with Crippen molar-refractivity contribution in [1.82, 2.24) is 0 Å². The van der Waals surface area contributed by atoms with E-state index in [4.69, 9.17) is 10.5 Å². The first-order valence-electron chi connectivity index (χ1n) is 9.76. The third kappa shape index (κ3) is 5.09. The Hall–Kier alpha value is -2.55. The minimum atomic E-state index is -0.867. The molecule has 0 radical (unpaired) electrons. The van der Waals surface area contributed by atoms with Gasteiger partial charge < -0.3 is 20.5 Å². The summed E-state index contributed by atoms with van der Waals surface area (Å²) in [6, 6.07) is 14.0. The molecule has 8 heteroatoms. The van der Waals surface area contributed by atoms with Crippen molar-refractivity contribution in [2.45, 2.75) is 33.0 Å². The zero-order valence-electron chi connectivity index (χ0n) is 17.1. The summed E-state index contributed by atoms with van der Waals surface area (Å²) >= 11 is 1.53. The highest BCUT2D eigenvalue weighted by Gasteiger charge is 2.20. The van der Waals surface area contributed by atoms with Crippen molar-refractivity contribution in [3.8, 4) is 5.75 Å². The molecule has 3 N–H and O–H groups in total. The van der Waals surface area contributed by atoms with Crippen LogP contribution < -0.4 is 19.9 Å². The van der Waals surface area contributed by atoms with E-state index in [1.54, 1.807) is 7.11 Å². The van der Waals surface area contributed by atoms with Crippen molar-refractivity contribution in [3.63, 3.8) is 0 Å². The Bertz CT molecular complexity index is 965. The van der Waals surface area contributed by atoms with Crippen molar-refractivity contribution in [2.75, 3.05) is 25.1 Å². The van der Waals surface area contributed by atoms with Gasteiger partial charge in [-0.3, -0.25) is 0 Å². The molecule has 1 heterocycles. The number of anilines is 1. The fourth-order valence-corrected chi connectivity index (χ4v) is 4.19. The molecule has 29 heavy (non-hydrogen) atoms. The average molecular weight is 415 g/mol. The summed E-state index contributed by atoms with van der Waals surface area (Å²) in [6.45, 7) is 6.78. The Morgan fingerprint density at radius 1 is 1.14 bits per heavy atom. The Balaban J connectivity index is 1.90. The van der Waals surface area contributed by atoms with E-state index < -0.39 is 6.23 Å². The van der Waals surface area contributed by atoms with Gasteiger partial charge >= 0.3 is 5.13 Å². The number of nitrogens with zero attached hydrogens (tertiary/aromatic N) is 4. The fourth-order valence-electron chi connectivity index (χ4n) is 3.15. The van der Waals surface area contributed by atoms with Crippen molar-refractivity contribution in [1.29, 1.82) is 0 Å². The topological polar surface area (TPSA) is 87.3 Å². The van der Waals surface area contributed by atoms with Gasteiger partial charge in [0.1, 0.15) is 23.2 Å². The summed E-state index contributed by atoms with van der Waals surface area (Å²) < 4.78 is 8.40. The van der Waals surface area contributed by atoms with Gasteiger partial charge in [-0.2, -0.15) is 0 Å². The lowest BCUT2D eigenvalue weighted by atomic mass is 10.2. The number of hydrogen-bond acceptors (Lipinski definition) is 7. The Morgan fingerprint density at radius 2 is 1.86 bits per heavy atom. The number of aryl methyl sites for hydroxylation is 1. The molecule has 0 aliphatic rings. The van der Waals surface area contributed by atoms with Crippen molar-refractivity contribution >= 4 is 38.1 Å². The van der Waals surface area contributed by atoms with Crippen LogP contribution in [0.15, 0.2) is 52.7 Å². The molecule has 3 aromatic rings. The number of aromatic nitrogens is 1. The summed E-state index contributed by atoms with van der Waals surface area (Å²) in [5.41, 5.74) is 8.53. The second-order valence-electron chi connectivity index (χ2n) is 6.61. The molecule has 154 valence electrons. The van der Waals surface area contributed by atoms with E-state index in [1.807, 2.05) is 34.9 Å². The second-order valence-corrected chi connectivity index (χ2v) is 7.62. The van der Waals surface area contributed by atoms with Crippen LogP contribution in [0, 0.1) is 0 Å². The van der Waals surface area contributed by atoms with Gasteiger partial charge in [0.15, 0.2) is 0 Å². The second kappa shape index (κ2) is 9.78. The van der Waals surface area contributed by atoms with Gasteiger partial charge in [0.2, 0.25) is 0 Å². The summed E-state index contributed by atoms with van der Waals surface area (Å²) in [5.74, 6) is 0.792. The van der Waals surface area contributed by atoms with Crippen LogP contribution in [0.4, 0.5) is 16.5 Å².